The molecule has 0 saturated heterocycles. The zero-order valence-electron chi connectivity index (χ0n) is 19.3. The van der Waals surface area contributed by atoms with Crippen molar-refractivity contribution in [2.75, 3.05) is 17.2 Å². The molecule has 4 aromatic rings. The molecule has 0 aliphatic heterocycles. The normalized spacial score (nSPS) is 12.2. The van der Waals surface area contributed by atoms with E-state index in [0.29, 0.717) is 22.8 Å². The number of hydrogen-bond donors (Lipinski definition) is 3. The molecule has 0 radical (unpaired) electrons. The monoisotopic (exact) mass is 488 g/mol. The van der Waals surface area contributed by atoms with Crippen LogP contribution in [-0.2, 0) is 0 Å². The van der Waals surface area contributed by atoms with Gasteiger partial charge in [-0.2, -0.15) is 0 Å². The average molecular weight is 489 g/mol. The molecule has 1 amide bonds. The standard InChI is InChI=1S/C27H25ClN4O3/c1-27(2,16-30-26(35)18-10-6-11-19(28)14-18)25(17-8-4-3-5-9-17)32-22-21(23(33)24(22)34)31-20-12-7-13-29-15-20/h3-15,25,31-32H,16H2,1-2H3,(H,30,35). The summed E-state index contributed by atoms with van der Waals surface area (Å²) in [5.74, 6) is -0.250. The Morgan fingerprint density at radius 2 is 1.71 bits per heavy atom. The number of aromatic nitrogens is 1. The van der Waals surface area contributed by atoms with Crippen molar-refractivity contribution >= 4 is 34.6 Å². The highest BCUT2D eigenvalue weighted by Gasteiger charge is 2.34. The van der Waals surface area contributed by atoms with E-state index < -0.39 is 16.3 Å². The number of nitrogens with zero attached hydrogens (tertiary/aromatic N) is 1. The molecule has 3 N–H and O–H groups in total. The van der Waals surface area contributed by atoms with Gasteiger partial charge in [-0.05, 0) is 35.9 Å². The van der Waals surface area contributed by atoms with Gasteiger partial charge < -0.3 is 16.0 Å². The summed E-state index contributed by atoms with van der Waals surface area (Å²) in [6, 6.07) is 19.4. The molecule has 35 heavy (non-hydrogen) atoms. The first-order valence-electron chi connectivity index (χ1n) is 11.1. The van der Waals surface area contributed by atoms with Gasteiger partial charge in [-0.15, -0.1) is 0 Å². The van der Waals surface area contributed by atoms with E-state index in [1.807, 2.05) is 44.2 Å². The maximum Gasteiger partial charge on any atom is 0.253 e. The number of hydrogen-bond acceptors (Lipinski definition) is 6. The van der Waals surface area contributed by atoms with Gasteiger partial charge in [0.1, 0.15) is 11.4 Å². The number of benzene rings is 2. The van der Waals surface area contributed by atoms with Crippen LogP contribution in [0.3, 0.4) is 0 Å². The molecule has 1 heterocycles. The second-order valence-corrected chi connectivity index (χ2v) is 9.38. The lowest BCUT2D eigenvalue weighted by Crippen LogP contribution is -2.43. The van der Waals surface area contributed by atoms with E-state index in [4.69, 9.17) is 11.6 Å². The third-order valence-corrected chi connectivity index (χ3v) is 6.07. The molecule has 1 unspecified atom stereocenters. The van der Waals surface area contributed by atoms with Crippen LogP contribution in [-0.4, -0.2) is 17.4 Å². The average Bonchev–Trinajstić information content (AvgIpc) is 2.87. The highest BCUT2D eigenvalue weighted by atomic mass is 35.5. The van der Waals surface area contributed by atoms with E-state index in [2.05, 4.69) is 20.9 Å². The van der Waals surface area contributed by atoms with Crippen LogP contribution in [0.25, 0.3) is 0 Å². The number of amides is 1. The lowest BCUT2D eigenvalue weighted by Gasteiger charge is -2.37. The SMILES string of the molecule is CC(C)(CNC(=O)c1cccc(Cl)c1)C(Nc1c(Nc2cccnc2)c(=O)c1=O)c1ccccc1. The highest BCUT2D eigenvalue weighted by molar-refractivity contribution is 6.30. The topological polar surface area (TPSA) is 100 Å². The van der Waals surface area contributed by atoms with Gasteiger partial charge in [-0.25, -0.2) is 0 Å². The number of carbonyl (C=O) groups excluding carboxylic acids is 1. The van der Waals surface area contributed by atoms with Crippen molar-refractivity contribution in [2.45, 2.75) is 19.9 Å². The third-order valence-electron chi connectivity index (χ3n) is 5.84. The Kier molecular flexibility index (Phi) is 6.98. The molecule has 7 nitrogen and oxygen atoms in total. The van der Waals surface area contributed by atoms with Crippen molar-refractivity contribution < 1.29 is 4.79 Å². The summed E-state index contributed by atoms with van der Waals surface area (Å²) in [5, 5.41) is 9.73. The Balaban J connectivity index is 1.59. The second-order valence-electron chi connectivity index (χ2n) is 8.94. The van der Waals surface area contributed by atoms with Crippen LogP contribution in [0.4, 0.5) is 17.1 Å². The largest absolute Gasteiger partial charge is 0.373 e. The van der Waals surface area contributed by atoms with Gasteiger partial charge in [0.25, 0.3) is 16.8 Å². The fraction of sp³-hybridized carbons (Fsp3) is 0.185. The molecule has 0 saturated carbocycles. The molecule has 178 valence electrons. The van der Waals surface area contributed by atoms with Crippen molar-refractivity contribution in [3.05, 3.63) is 116 Å². The summed E-state index contributed by atoms with van der Waals surface area (Å²) in [6.45, 7) is 4.26. The lowest BCUT2D eigenvalue weighted by atomic mass is 9.79. The van der Waals surface area contributed by atoms with Crippen LogP contribution in [0.15, 0.2) is 88.7 Å². The number of anilines is 3. The Labute approximate surface area is 207 Å². The first-order chi connectivity index (χ1) is 16.8. The van der Waals surface area contributed by atoms with Crippen molar-refractivity contribution in [1.29, 1.82) is 0 Å². The Morgan fingerprint density at radius 3 is 2.40 bits per heavy atom. The summed E-state index contributed by atoms with van der Waals surface area (Å²) in [7, 11) is 0. The minimum atomic E-state index is -0.588. The summed E-state index contributed by atoms with van der Waals surface area (Å²) in [6.07, 6.45) is 3.20. The molecular weight excluding hydrogens is 464 g/mol. The summed E-state index contributed by atoms with van der Waals surface area (Å²) < 4.78 is 0. The highest BCUT2D eigenvalue weighted by Crippen LogP contribution is 2.37. The first kappa shape index (κ1) is 24.2. The molecule has 0 fully saturated rings. The predicted octanol–water partition coefficient (Wildman–Crippen LogP) is 4.68. The fourth-order valence-electron chi connectivity index (χ4n) is 3.89. The number of pyridine rings is 1. The van der Waals surface area contributed by atoms with Gasteiger partial charge in [0.2, 0.25) is 0 Å². The summed E-state index contributed by atoms with van der Waals surface area (Å²) in [4.78, 5) is 41.6. The van der Waals surface area contributed by atoms with E-state index >= 15 is 0 Å². The van der Waals surface area contributed by atoms with Crippen LogP contribution in [0.2, 0.25) is 5.02 Å². The van der Waals surface area contributed by atoms with E-state index in [0.717, 1.165) is 5.56 Å². The molecule has 0 aliphatic carbocycles. The van der Waals surface area contributed by atoms with Crippen molar-refractivity contribution in [1.82, 2.24) is 10.3 Å². The van der Waals surface area contributed by atoms with Crippen molar-refractivity contribution in [3.63, 3.8) is 0 Å². The molecule has 1 atom stereocenters. The van der Waals surface area contributed by atoms with Gasteiger partial charge in [-0.3, -0.25) is 19.4 Å². The zero-order chi connectivity index (χ0) is 25.0. The number of halogens is 1. The van der Waals surface area contributed by atoms with E-state index in [-0.39, 0.29) is 23.3 Å². The van der Waals surface area contributed by atoms with Gasteiger partial charge >= 0.3 is 0 Å². The van der Waals surface area contributed by atoms with Crippen LogP contribution in [0, 0.1) is 5.41 Å². The molecule has 0 aliphatic rings. The van der Waals surface area contributed by atoms with Crippen LogP contribution in [0.5, 0.6) is 0 Å². The smallest absolute Gasteiger partial charge is 0.253 e. The molecule has 0 bridgehead atoms. The van der Waals surface area contributed by atoms with Crippen LogP contribution in [0.1, 0.15) is 35.8 Å². The van der Waals surface area contributed by atoms with E-state index in [1.54, 1.807) is 48.8 Å². The summed E-state index contributed by atoms with van der Waals surface area (Å²) in [5.41, 5.74) is 0.654. The van der Waals surface area contributed by atoms with Gasteiger partial charge in [0, 0.05) is 28.7 Å². The molecule has 1 aromatic heterocycles. The zero-order valence-corrected chi connectivity index (χ0v) is 20.1. The van der Waals surface area contributed by atoms with Crippen molar-refractivity contribution in [2.24, 2.45) is 5.41 Å². The van der Waals surface area contributed by atoms with Crippen LogP contribution >= 0.6 is 11.6 Å². The maximum absolute atomic E-state index is 12.7. The minimum Gasteiger partial charge on any atom is -0.373 e. The number of carbonyl (C=O) groups is 1. The quantitative estimate of drug-likeness (QED) is 0.296. The second kappa shape index (κ2) is 10.1. The van der Waals surface area contributed by atoms with Gasteiger partial charge in [0.05, 0.1) is 17.9 Å². The number of rotatable bonds is 9. The fourth-order valence-corrected chi connectivity index (χ4v) is 4.08. The van der Waals surface area contributed by atoms with E-state index in [1.165, 1.54) is 0 Å². The van der Waals surface area contributed by atoms with Crippen LogP contribution < -0.4 is 26.8 Å². The third kappa shape index (κ3) is 5.41. The molecule has 3 aromatic carbocycles. The molecule has 4 rings (SSSR count). The Bertz CT molecular complexity index is 1400. The predicted molar refractivity (Wildman–Crippen MR) is 139 cm³/mol. The minimum absolute atomic E-state index is 0.197. The lowest BCUT2D eigenvalue weighted by molar-refractivity contribution is 0.0932. The summed E-state index contributed by atoms with van der Waals surface area (Å²) >= 11 is 6.02. The number of nitrogens with one attached hydrogen (secondary N) is 3. The molecule has 8 heteroatoms. The van der Waals surface area contributed by atoms with Crippen molar-refractivity contribution in [3.8, 4) is 0 Å². The van der Waals surface area contributed by atoms with Gasteiger partial charge in [-0.1, -0.05) is 61.8 Å². The molecular formula is C27H25ClN4O3. The Hall–Kier alpha value is -3.97. The molecule has 0 spiro atoms. The van der Waals surface area contributed by atoms with E-state index in [9.17, 15) is 14.4 Å². The van der Waals surface area contributed by atoms with Gasteiger partial charge in [0.15, 0.2) is 0 Å². The Morgan fingerprint density at radius 1 is 0.971 bits per heavy atom. The first-order valence-corrected chi connectivity index (χ1v) is 11.5. The maximum atomic E-state index is 12.7.